The van der Waals surface area contributed by atoms with E-state index in [0.29, 0.717) is 0 Å². The van der Waals surface area contributed by atoms with E-state index in [-0.39, 0.29) is 5.91 Å². The third-order valence-electron chi connectivity index (χ3n) is 1.28. The van der Waals surface area contributed by atoms with E-state index < -0.39 is 0 Å². The van der Waals surface area contributed by atoms with Crippen LogP contribution in [0.15, 0.2) is 30.3 Å². The minimum atomic E-state index is -0.133. The Morgan fingerprint density at radius 3 is 2.36 bits per heavy atom. The van der Waals surface area contributed by atoms with Crippen molar-refractivity contribution in [2.45, 2.75) is 6.92 Å². The molecule has 0 atom stereocenters. The molecule has 0 fully saturated rings. The Bertz CT molecular complexity index is 248. The Kier molecular flexibility index (Phi) is 2.54. The Hall–Kier alpha value is -0.960. The molecule has 11 heavy (non-hydrogen) atoms. The van der Waals surface area contributed by atoms with Gasteiger partial charge in [-0.05, 0) is 12.1 Å². The van der Waals surface area contributed by atoms with Crippen LogP contribution >= 0.6 is 0 Å². The second-order valence-electron chi connectivity index (χ2n) is 2.15. The first kappa shape index (κ1) is 8.14. The number of carbonyl (C=O) groups excluding carboxylic acids is 1. The van der Waals surface area contributed by atoms with Crippen molar-refractivity contribution in [2.24, 2.45) is 0 Å². The quantitative estimate of drug-likeness (QED) is 0.589. The number of para-hydroxylation sites is 1. The predicted octanol–water partition coefficient (Wildman–Crippen LogP) is 1.50. The molecule has 1 amide bonds. The van der Waals surface area contributed by atoms with Gasteiger partial charge in [-0.15, -0.1) is 0 Å². The van der Waals surface area contributed by atoms with Crippen molar-refractivity contribution < 1.29 is 4.79 Å². The number of benzene rings is 1. The average molecular weight is 166 g/mol. The first-order valence-corrected chi connectivity index (χ1v) is 3.61. The number of hydrogen-bond acceptors (Lipinski definition) is 2. The molecule has 2 nitrogen and oxygen atoms in total. The summed E-state index contributed by atoms with van der Waals surface area (Å²) in [5, 5.41) is 0. The summed E-state index contributed by atoms with van der Waals surface area (Å²) in [5.74, 6) is -0.133. The topological polar surface area (TPSA) is 20.3 Å². The highest BCUT2D eigenvalue weighted by molar-refractivity contribution is 7.61. The summed E-state index contributed by atoms with van der Waals surface area (Å²) in [4.78, 5) is 10.8. The molecular formula is C8H8NOS-. The molecule has 0 N–H and O–H groups in total. The molecule has 1 aromatic carbocycles. The molecule has 58 valence electrons. The minimum absolute atomic E-state index is 0.133. The van der Waals surface area contributed by atoms with Crippen molar-refractivity contribution in [3.63, 3.8) is 0 Å². The molecule has 0 bridgehead atoms. The number of amides is 1. The number of anilines is 1. The lowest BCUT2D eigenvalue weighted by Gasteiger charge is -2.27. The summed E-state index contributed by atoms with van der Waals surface area (Å²) in [6.07, 6.45) is 0. The first-order chi connectivity index (χ1) is 5.22. The largest absolute Gasteiger partial charge is 0.658 e. The SMILES string of the molecule is CC(=O)N([S-])c1ccccc1. The van der Waals surface area contributed by atoms with Crippen LogP contribution in [0.2, 0.25) is 0 Å². The lowest BCUT2D eigenvalue weighted by atomic mass is 10.3. The van der Waals surface area contributed by atoms with Gasteiger partial charge in [-0.25, -0.2) is 0 Å². The van der Waals surface area contributed by atoms with Crippen LogP contribution in [-0.4, -0.2) is 5.91 Å². The van der Waals surface area contributed by atoms with E-state index in [0.717, 1.165) is 5.69 Å². The summed E-state index contributed by atoms with van der Waals surface area (Å²) in [6.45, 7) is 1.44. The van der Waals surface area contributed by atoms with Gasteiger partial charge in [0.25, 0.3) is 0 Å². The maximum Gasteiger partial charge on any atom is 0.201 e. The van der Waals surface area contributed by atoms with Crippen molar-refractivity contribution >= 4 is 24.4 Å². The fourth-order valence-corrected chi connectivity index (χ4v) is 0.867. The summed E-state index contributed by atoms with van der Waals surface area (Å²) in [7, 11) is 0. The van der Waals surface area contributed by atoms with Gasteiger partial charge < -0.3 is 17.1 Å². The lowest BCUT2D eigenvalue weighted by molar-refractivity contribution is -0.115. The van der Waals surface area contributed by atoms with E-state index >= 15 is 0 Å². The molecule has 0 aliphatic rings. The molecule has 0 aliphatic carbocycles. The average Bonchev–Trinajstić information content (AvgIpc) is 2.05. The highest BCUT2D eigenvalue weighted by Gasteiger charge is 1.94. The zero-order valence-corrected chi connectivity index (χ0v) is 6.97. The normalized spacial score (nSPS) is 9.27. The van der Waals surface area contributed by atoms with Crippen molar-refractivity contribution in [2.75, 3.05) is 4.31 Å². The highest BCUT2D eigenvalue weighted by Crippen LogP contribution is 2.10. The summed E-state index contributed by atoms with van der Waals surface area (Å²) >= 11 is 4.81. The Morgan fingerprint density at radius 2 is 1.91 bits per heavy atom. The highest BCUT2D eigenvalue weighted by atomic mass is 32.1. The van der Waals surface area contributed by atoms with E-state index in [1.807, 2.05) is 18.2 Å². The molecule has 0 unspecified atom stereocenters. The molecule has 3 heteroatoms. The van der Waals surface area contributed by atoms with Gasteiger partial charge in [0.1, 0.15) is 0 Å². The van der Waals surface area contributed by atoms with Gasteiger partial charge in [-0.2, -0.15) is 0 Å². The summed E-state index contributed by atoms with van der Waals surface area (Å²) < 4.78 is 1.19. The molecule has 0 radical (unpaired) electrons. The third kappa shape index (κ3) is 1.98. The van der Waals surface area contributed by atoms with Gasteiger partial charge in [0.05, 0.1) is 0 Å². The van der Waals surface area contributed by atoms with Crippen LogP contribution in [0.4, 0.5) is 5.69 Å². The smallest absolute Gasteiger partial charge is 0.201 e. The molecular weight excluding hydrogens is 158 g/mol. The van der Waals surface area contributed by atoms with E-state index in [2.05, 4.69) is 0 Å². The molecule has 0 aromatic heterocycles. The molecule has 1 aromatic rings. The standard InChI is InChI=1S/C8H8NOS/c1-7(10)9(11)8-5-3-2-4-6-8/h2-6H,1H3/q-1. The van der Waals surface area contributed by atoms with Crippen LogP contribution in [0.3, 0.4) is 0 Å². The van der Waals surface area contributed by atoms with Gasteiger partial charge in [0, 0.05) is 12.6 Å². The van der Waals surface area contributed by atoms with Gasteiger partial charge >= 0.3 is 0 Å². The zero-order chi connectivity index (χ0) is 8.27. The van der Waals surface area contributed by atoms with Gasteiger partial charge in [0.15, 0.2) is 0 Å². The monoisotopic (exact) mass is 166 g/mol. The molecule has 1 rings (SSSR count). The second-order valence-corrected chi connectivity index (χ2v) is 2.51. The number of rotatable bonds is 1. The Morgan fingerprint density at radius 1 is 1.36 bits per heavy atom. The Labute approximate surface area is 71.4 Å². The molecule has 0 heterocycles. The zero-order valence-electron chi connectivity index (χ0n) is 6.15. The molecule has 0 saturated carbocycles. The minimum Gasteiger partial charge on any atom is -0.658 e. The van der Waals surface area contributed by atoms with Gasteiger partial charge in [-0.3, -0.25) is 4.79 Å². The Balaban J connectivity index is 2.85. The van der Waals surface area contributed by atoms with Gasteiger partial charge in [-0.1, -0.05) is 18.2 Å². The van der Waals surface area contributed by atoms with Crippen LogP contribution in [0.5, 0.6) is 0 Å². The van der Waals surface area contributed by atoms with Crippen molar-refractivity contribution in [1.82, 2.24) is 0 Å². The first-order valence-electron chi connectivity index (χ1n) is 3.24. The van der Waals surface area contributed by atoms with Crippen LogP contribution in [-0.2, 0) is 17.6 Å². The number of hydrogen-bond donors (Lipinski definition) is 0. The number of carbonyl (C=O) groups is 1. The third-order valence-corrected chi connectivity index (χ3v) is 1.74. The fourth-order valence-electron chi connectivity index (χ4n) is 0.745. The fraction of sp³-hybridized carbons (Fsp3) is 0.125. The second kappa shape index (κ2) is 3.44. The van der Waals surface area contributed by atoms with E-state index in [4.69, 9.17) is 12.8 Å². The molecule has 0 spiro atoms. The van der Waals surface area contributed by atoms with Crippen molar-refractivity contribution in [3.05, 3.63) is 30.3 Å². The van der Waals surface area contributed by atoms with Crippen LogP contribution < -0.4 is 4.31 Å². The number of nitrogens with zero attached hydrogens (tertiary/aromatic N) is 1. The van der Waals surface area contributed by atoms with E-state index in [1.165, 1.54) is 11.2 Å². The van der Waals surface area contributed by atoms with Crippen molar-refractivity contribution in [3.8, 4) is 0 Å². The van der Waals surface area contributed by atoms with Crippen LogP contribution in [0, 0.1) is 0 Å². The van der Waals surface area contributed by atoms with E-state index in [9.17, 15) is 4.79 Å². The van der Waals surface area contributed by atoms with Crippen LogP contribution in [0.1, 0.15) is 6.92 Å². The lowest BCUT2D eigenvalue weighted by Crippen LogP contribution is -2.20. The summed E-state index contributed by atoms with van der Waals surface area (Å²) in [5.41, 5.74) is 0.745. The maximum absolute atomic E-state index is 10.8. The van der Waals surface area contributed by atoms with Gasteiger partial charge in [0.2, 0.25) is 5.91 Å². The summed E-state index contributed by atoms with van der Waals surface area (Å²) in [6, 6.07) is 9.17. The maximum atomic E-state index is 10.8. The predicted molar refractivity (Wildman–Crippen MR) is 47.0 cm³/mol. The molecule has 0 saturated heterocycles. The van der Waals surface area contributed by atoms with Crippen molar-refractivity contribution in [1.29, 1.82) is 0 Å². The molecule has 0 aliphatic heterocycles. The van der Waals surface area contributed by atoms with E-state index in [1.54, 1.807) is 12.1 Å². The van der Waals surface area contributed by atoms with Crippen LogP contribution in [0.25, 0.3) is 0 Å².